The molecular weight excluding hydrogens is 368 g/mol. The average molecular weight is 379 g/mol. The van der Waals surface area contributed by atoms with Crippen LogP contribution in [0.1, 0.15) is 0 Å². The van der Waals surface area contributed by atoms with Gasteiger partial charge in [-0.3, -0.25) is 14.9 Å². The van der Waals surface area contributed by atoms with Crippen LogP contribution >= 0.6 is 23.4 Å². The van der Waals surface area contributed by atoms with Gasteiger partial charge in [0.05, 0.1) is 17.6 Å². The quantitative estimate of drug-likeness (QED) is 0.458. The second kappa shape index (κ2) is 6.95. The Bertz CT molecular complexity index is 1030. The third kappa shape index (κ3) is 3.80. The zero-order valence-electron chi connectivity index (χ0n) is 12.5. The maximum absolute atomic E-state index is 12.2. The van der Waals surface area contributed by atoms with Crippen LogP contribution in [0.4, 0.5) is 4.79 Å². The van der Waals surface area contributed by atoms with E-state index in [4.69, 9.17) is 17.3 Å². The van der Waals surface area contributed by atoms with E-state index in [0.717, 1.165) is 11.8 Å². The van der Waals surface area contributed by atoms with Gasteiger partial charge in [0.15, 0.2) is 10.8 Å². The van der Waals surface area contributed by atoms with Crippen molar-refractivity contribution in [2.75, 3.05) is 5.75 Å². The Labute approximate surface area is 149 Å². The number of primary amides is 1. The molecular formula is C14H11ClN6O3S. The normalized spacial score (nSPS) is 10.8. The molecule has 0 aliphatic carbocycles. The predicted octanol–water partition coefficient (Wildman–Crippen LogP) is 1.05. The van der Waals surface area contributed by atoms with Crippen molar-refractivity contribution in [3.05, 3.63) is 45.8 Å². The van der Waals surface area contributed by atoms with Crippen molar-refractivity contribution in [1.82, 2.24) is 25.1 Å². The molecule has 2 aromatic heterocycles. The van der Waals surface area contributed by atoms with Crippen molar-refractivity contribution >= 4 is 46.3 Å². The number of nitrogens with two attached hydrogens (primary N) is 1. The molecule has 3 aromatic rings. The number of nitrogens with zero attached hydrogens (tertiary/aromatic N) is 3. The fourth-order valence-corrected chi connectivity index (χ4v) is 2.91. The number of halogens is 1. The Morgan fingerprint density at radius 2 is 2.20 bits per heavy atom. The smallest absolute Gasteiger partial charge is 0.318 e. The van der Waals surface area contributed by atoms with Gasteiger partial charge in [-0.05, 0) is 18.2 Å². The number of carbonyl (C=O) groups excluding carboxylic acids is 2. The van der Waals surface area contributed by atoms with Gasteiger partial charge in [-0.25, -0.2) is 14.5 Å². The Morgan fingerprint density at radius 1 is 1.40 bits per heavy atom. The Balaban J connectivity index is 1.95. The topological polar surface area (TPSA) is 136 Å². The zero-order valence-corrected chi connectivity index (χ0v) is 14.1. The molecule has 11 heteroatoms. The van der Waals surface area contributed by atoms with Crippen LogP contribution in [0.15, 0.2) is 40.4 Å². The minimum Gasteiger partial charge on any atom is -0.351 e. The summed E-state index contributed by atoms with van der Waals surface area (Å²) in [6.45, 7) is 0. The van der Waals surface area contributed by atoms with Crippen LogP contribution < -0.4 is 16.6 Å². The third-order valence-corrected chi connectivity index (χ3v) is 4.18. The Morgan fingerprint density at radius 3 is 2.92 bits per heavy atom. The number of H-pyrrole nitrogens is 1. The van der Waals surface area contributed by atoms with E-state index in [1.54, 1.807) is 24.3 Å². The highest BCUT2D eigenvalue weighted by Crippen LogP contribution is 2.19. The summed E-state index contributed by atoms with van der Waals surface area (Å²) in [4.78, 5) is 41.1. The minimum absolute atomic E-state index is 0.136. The first kappa shape index (κ1) is 17.0. The SMILES string of the molecule is NC(=O)NC(=O)CSc1nc2c(cnn2-c2cccc(Cl)c2)c(=O)[nH]1. The number of imide groups is 1. The van der Waals surface area contributed by atoms with Gasteiger partial charge in [0, 0.05) is 5.02 Å². The van der Waals surface area contributed by atoms with E-state index < -0.39 is 17.5 Å². The van der Waals surface area contributed by atoms with Gasteiger partial charge in [-0.15, -0.1) is 0 Å². The summed E-state index contributed by atoms with van der Waals surface area (Å²) in [6.07, 6.45) is 1.40. The highest BCUT2D eigenvalue weighted by Gasteiger charge is 2.13. The first-order chi connectivity index (χ1) is 11.9. The summed E-state index contributed by atoms with van der Waals surface area (Å²) in [5, 5.41) is 7.12. The number of benzene rings is 1. The highest BCUT2D eigenvalue weighted by atomic mass is 35.5. The molecule has 0 saturated carbocycles. The van der Waals surface area contributed by atoms with Crippen LogP contribution in [0.25, 0.3) is 16.7 Å². The lowest BCUT2D eigenvalue weighted by Crippen LogP contribution is -2.36. The van der Waals surface area contributed by atoms with Crippen LogP contribution in [0.3, 0.4) is 0 Å². The largest absolute Gasteiger partial charge is 0.351 e. The van der Waals surface area contributed by atoms with Crippen molar-refractivity contribution in [1.29, 1.82) is 0 Å². The number of hydrogen-bond acceptors (Lipinski definition) is 6. The number of amides is 3. The lowest BCUT2D eigenvalue weighted by molar-refractivity contribution is -0.117. The van der Waals surface area contributed by atoms with E-state index >= 15 is 0 Å². The van der Waals surface area contributed by atoms with Crippen molar-refractivity contribution in [2.45, 2.75) is 5.16 Å². The first-order valence-electron chi connectivity index (χ1n) is 6.90. The molecule has 3 rings (SSSR count). The molecule has 0 radical (unpaired) electrons. The van der Waals surface area contributed by atoms with E-state index in [1.807, 2.05) is 5.32 Å². The summed E-state index contributed by atoms with van der Waals surface area (Å²) in [7, 11) is 0. The van der Waals surface area contributed by atoms with Crippen molar-refractivity contribution in [2.24, 2.45) is 5.73 Å². The van der Waals surface area contributed by atoms with Crippen LogP contribution in [-0.2, 0) is 4.79 Å². The number of urea groups is 1. The van der Waals surface area contributed by atoms with Gasteiger partial charge in [0.25, 0.3) is 5.56 Å². The standard InChI is InChI=1S/C14H11ClN6O3S/c15-7-2-1-3-8(4-7)21-11-9(5-17-21)12(23)20-14(19-11)25-6-10(22)18-13(16)24/h1-5H,6H2,(H,19,20,23)(H3,16,18,22,24). The maximum Gasteiger partial charge on any atom is 0.318 e. The first-order valence-corrected chi connectivity index (χ1v) is 8.26. The lowest BCUT2D eigenvalue weighted by atomic mass is 10.3. The summed E-state index contributed by atoms with van der Waals surface area (Å²) in [5.74, 6) is -0.730. The van der Waals surface area contributed by atoms with Crippen molar-refractivity contribution in [3.8, 4) is 5.69 Å². The Hall–Kier alpha value is -2.85. The van der Waals surface area contributed by atoms with Gasteiger partial charge in [0.1, 0.15) is 5.39 Å². The second-order valence-electron chi connectivity index (χ2n) is 4.85. The number of hydrogen-bond donors (Lipinski definition) is 3. The van der Waals surface area contributed by atoms with E-state index in [-0.39, 0.29) is 10.9 Å². The number of carbonyl (C=O) groups is 2. The van der Waals surface area contributed by atoms with E-state index in [1.165, 1.54) is 10.9 Å². The molecule has 3 amide bonds. The molecule has 1 aromatic carbocycles. The molecule has 0 aliphatic heterocycles. The number of thioether (sulfide) groups is 1. The van der Waals surface area contributed by atoms with Gasteiger partial charge in [0.2, 0.25) is 5.91 Å². The van der Waals surface area contributed by atoms with Crippen LogP contribution in [0.2, 0.25) is 5.02 Å². The summed E-state index contributed by atoms with van der Waals surface area (Å²) < 4.78 is 1.48. The van der Waals surface area contributed by atoms with Crippen LogP contribution in [0, 0.1) is 0 Å². The molecule has 2 heterocycles. The van der Waals surface area contributed by atoms with E-state index in [9.17, 15) is 14.4 Å². The molecule has 0 atom stereocenters. The molecule has 0 saturated heterocycles. The Kier molecular flexibility index (Phi) is 4.72. The molecule has 0 fully saturated rings. The van der Waals surface area contributed by atoms with Crippen molar-refractivity contribution in [3.63, 3.8) is 0 Å². The third-order valence-electron chi connectivity index (χ3n) is 3.07. The molecule has 4 N–H and O–H groups in total. The van der Waals surface area contributed by atoms with Gasteiger partial charge < -0.3 is 10.7 Å². The molecule has 9 nitrogen and oxygen atoms in total. The van der Waals surface area contributed by atoms with Crippen LogP contribution in [-0.4, -0.2) is 37.4 Å². The molecule has 0 spiro atoms. The van der Waals surface area contributed by atoms with E-state index in [0.29, 0.717) is 21.7 Å². The number of fused-ring (bicyclic) bond motifs is 1. The molecule has 0 aliphatic rings. The fraction of sp³-hybridized carbons (Fsp3) is 0.0714. The number of rotatable bonds is 4. The molecule has 0 bridgehead atoms. The maximum atomic E-state index is 12.2. The lowest BCUT2D eigenvalue weighted by Gasteiger charge is -2.05. The summed E-state index contributed by atoms with van der Waals surface area (Å²) >= 11 is 6.94. The summed E-state index contributed by atoms with van der Waals surface area (Å²) in [6, 6.07) is 5.98. The fourth-order valence-electron chi connectivity index (χ4n) is 2.07. The van der Waals surface area contributed by atoms with E-state index in [2.05, 4.69) is 15.1 Å². The molecule has 0 unspecified atom stereocenters. The zero-order chi connectivity index (χ0) is 18.0. The molecule has 25 heavy (non-hydrogen) atoms. The second-order valence-corrected chi connectivity index (χ2v) is 6.25. The van der Waals surface area contributed by atoms with Gasteiger partial charge >= 0.3 is 6.03 Å². The highest BCUT2D eigenvalue weighted by molar-refractivity contribution is 7.99. The number of aromatic amines is 1. The predicted molar refractivity (Wildman–Crippen MR) is 92.9 cm³/mol. The van der Waals surface area contributed by atoms with Gasteiger partial charge in [-0.1, -0.05) is 29.4 Å². The van der Waals surface area contributed by atoms with Crippen LogP contribution in [0.5, 0.6) is 0 Å². The number of nitrogens with one attached hydrogen (secondary N) is 2. The monoisotopic (exact) mass is 378 g/mol. The van der Waals surface area contributed by atoms with Gasteiger partial charge in [-0.2, -0.15) is 5.10 Å². The minimum atomic E-state index is -0.943. The number of aromatic nitrogens is 4. The average Bonchev–Trinajstić information content (AvgIpc) is 2.97. The molecule has 128 valence electrons. The summed E-state index contributed by atoms with van der Waals surface area (Å²) in [5.41, 5.74) is 5.44. The van der Waals surface area contributed by atoms with Crippen molar-refractivity contribution < 1.29 is 9.59 Å².